The summed E-state index contributed by atoms with van der Waals surface area (Å²) in [5.41, 5.74) is 3.28. The average molecular weight is 311 g/mol. The zero-order valence-electron chi connectivity index (χ0n) is 11.6. The third-order valence-corrected chi connectivity index (χ3v) is 4.05. The lowest BCUT2D eigenvalue weighted by atomic mass is 10.1. The van der Waals surface area contributed by atoms with Gasteiger partial charge in [0.05, 0.1) is 6.20 Å². The Bertz CT molecular complexity index is 770. The molecule has 5 nitrogen and oxygen atoms in total. The number of rotatable bonds is 5. The first-order chi connectivity index (χ1) is 10.7. The molecule has 6 heteroatoms. The predicted molar refractivity (Wildman–Crippen MR) is 86.1 cm³/mol. The number of hydrogen-bond donors (Lipinski definition) is 2. The minimum atomic E-state index is -0.952. The first-order valence-corrected chi connectivity index (χ1v) is 7.46. The van der Waals surface area contributed by atoms with Gasteiger partial charge in [0.2, 0.25) is 0 Å². The lowest BCUT2D eigenvalue weighted by Gasteiger charge is -2.05. The van der Waals surface area contributed by atoms with Gasteiger partial charge in [0.1, 0.15) is 4.88 Å². The van der Waals surface area contributed by atoms with Crippen molar-refractivity contribution in [2.45, 2.75) is 6.54 Å². The van der Waals surface area contributed by atoms with Crippen LogP contribution in [0.4, 0.5) is 5.13 Å². The normalized spacial score (nSPS) is 10.4. The monoisotopic (exact) mass is 311 g/mol. The van der Waals surface area contributed by atoms with Gasteiger partial charge in [-0.25, -0.2) is 9.78 Å². The molecule has 0 aliphatic carbocycles. The van der Waals surface area contributed by atoms with Gasteiger partial charge in [-0.05, 0) is 22.8 Å². The van der Waals surface area contributed by atoms with Crippen LogP contribution < -0.4 is 5.32 Å². The van der Waals surface area contributed by atoms with E-state index in [0.717, 1.165) is 28.0 Å². The number of thiazole rings is 1. The lowest BCUT2D eigenvalue weighted by Crippen LogP contribution is -1.98. The summed E-state index contributed by atoms with van der Waals surface area (Å²) in [5.74, 6) is -0.952. The Kier molecular flexibility index (Phi) is 4.11. The number of aromatic carboxylic acids is 1. The number of carboxylic acids is 1. The fraction of sp³-hybridized carbons (Fsp3) is 0.0625. The van der Waals surface area contributed by atoms with Crippen LogP contribution in [-0.2, 0) is 6.54 Å². The van der Waals surface area contributed by atoms with Gasteiger partial charge in [-0.2, -0.15) is 0 Å². The summed E-state index contributed by atoms with van der Waals surface area (Å²) in [6.07, 6.45) is 4.94. The van der Waals surface area contributed by atoms with E-state index in [2.05, 4.69) is 15.3 Å². The van der Waals surface area contributed by atoms with Crippen molar-refractivity contribution in [2.24, 2.45) is 0 Å². The maximum Gasteiger partial charge on any atom is 0.347 e. The first-order valence-electron chi connectivity index (χ1n) is 6.65. The number of carboxylic acid groups (broad SMARTS) is 1. The van der Waals surface area contributed by atoms with Crippen molar-refractivity contribution < 1.29 is 9.90 Å². The van der Waals surface area contributed by atoms with E-state index >= 15 is 0 Å². The van der Waals surface area contributed by atoms with Crippen LogP contribution in [0.25, 0.3) is 11.1 Å². The van der Waals surface area contributed by atoms with Crippen LogP contribution in [0.3, 0.4) is 0 Å². The van der Waals surface area contributed by atoms with Gasteiger partial charge < -0.3 is 10.4 Å². The van der Waals surface area contributed by atoms with E-state index in [4.69, 9.17) is 5.11 Å². The molecular formula is C16H13N3O2S. The van der Waals surface area contributed by atoms with Crippen molar-refractivity contribution in [1.82, 2.24) is 9.97 Å². The molecule has 0 radical (unpaired) electrons. The third-order valence-electron chi connectivity index (χ3n) is 3.11. The highest BCUT2D eigenvalue weighted by molar-refractivity contribution is 7.17. The van der Waals surface area contributed by atoms with Crippen LogP contribution in [0, 0.1) is 0 Å². The maximum atomic E-state index is 10.8. The SMILES string of the molecule is O=C(O)c1cnc(NCc2ccc(-c3cccnc3)cc2)s1. The second-order valence-corrected chi connectivity index (χ2v) is 5.66. The molecule has 0 fully saturated rings. The third kappa shape index (κ3) is 3.29. The fourth-order valence-corrected chi connectivity index (χ4v) is 2.63. The number of nitrogens with one attached hydrogen (secondary N) is 1. The first kappa shape index (κ1) is 14.2. The van der Waals surface area contributed by atoms with E-state index in [-0.39, 0.29) is 4.88 Å². The molecule has 110 valence electrons. The predicted octanol–water partition coefficient (Wildman–Crippen LogP) is 3.52. The second-order valence-electron chi connectivity index (χ2n) is 4.63. The molecule has 0 atom stereocenters. The minimum absolute atomic E-state index is 0.231. The highest BCUT2D eigenvalue weighted by Gasteiger charge is 2.08. The number of pyridine rings is 1. The minimum Gasteiger partial charge on any atom is -0.477 e. The van der Waals surface area contributed by atoms with E-state index in [9.17, 15) is 4.79 Å². The van der Waals surface area contributed by atoms with Crippen LogP contribution in [0.2, 0.25) is 0 Å². The number of anilines is 1. The Hall–Kier alpha value is -2.73. The summed E-state index contributed by atoms with van der Waals surface area (Å²) in [6.45, 7) is 0.597. The second kappa shape index (κ2) is 6.36. The number of nitrogens with zero attached hydrogens (tertiary/aromatic N) is 2. The molecule has 0 bridgehead atoms. The van der Waals surface area contributed by atoms with Gasteiger partial charge in [0.25, 0.3) is 0 Å². The molecule has 0 aliphatic heterocycles. The molecular weight excluding hydrogens is 298 g/mol. The van der Waals surface area contributed by atoms with Gasteiger partial charge >= 0.3 is 5.97 Å². The largest absolute Gasteiger partial charge is 0.477 e. The maximum absolute atomic E-state index is 10.8. The standard InChI is InChI=1S/C16H13N3O2S/c20-15(21)14-10-19-16(22-14)18-8-11-3-5-12(6-4-11)13-2-1-7-17-9-13/h1-7,9-10H,8H2,(H,18,19)(H,20,21). The van der Waals surface area contributed by atoms with Gasteiger partial charge in [0.15, 0.2) is 5.13 Å². The molecule has 3 aromatic rings. The topological polar surface area (TPSA) is 75.1 Å². The molecule has 1 aromatic carbocycles. The highest BCUT2D eigenvalue weighted by Crippen LogP contribution is 2.21. The molecule has 3 rings (SSSR count). The van der Waals surface area contributed by atoms with Gasteiger partial charge in [0, 0.05) is 18.9 Å². The van der Waals surface area contributed by atoms with E-state index in [1.54, 1.807) is 6.20 Å². The van der Waals surface area contributed by atoms with E-state index in [1.807, 2.05) is 42.6 Å². The summed E-state index contributed by atoms with van der Waals surface area (Å²) in [6, 6.07) is 12.1. The number of hydrogen-bond acceptors (Lipinski definition) is 5. The number of carbonyl (C=O) groups is 1. The van der Waals surface area contributed by atoms with Crippen LogP contribution in [0.5, 0.6) is 0 Å². The summed E-state index contributed by atoms with van der Waals surface area (Å²) < 4.78 is 0. The number of benzene rings is 1. The molecule has 0 aliphatic rings. The van der Waals surface area contributed by atoms with Crippen molar-refractivity contribution in [3.63, 3.8) is 0 Å². The molecule has 22 heavy (non-hydrogen) atoms. The average Bonchev–Trinajstić information content (AvgIpc) is 3.04. The summed E-state index contributed by atoms with van der Waals surface area (Å²) >= 11 is 1.13. The smallest absolute Gasteiger partial charge is 0.347 e. The van der Waals surface area contributed by atoms with Crippen LogP contribution in [0.1, 0.15) is 15.2 Å². The Balaban J connectivity index is 1.65. The van der Waals surface area contributed by atoms with Crippen molar-refractivity contribution >= 4 is 22.4 Å². The lowest BCUT2D eigenvalue weighted by molar-refractivity contribution is 0.0702. The Morgan fingerprint density at radius 2 is 1.95 bits per heavy atom. The Morgan fingerprint density at radius 3 is 2.59 bits per heavy atom. The Labute approximate surface area is 131 Å². The molecule has 0 spiro atoms. The van der Waals surface area contributed by atoms with Crippen molar-refractivity contribution in [2.75, 3.05) is 5.32 Å². The summed E-state index contributed by atoms with van der Waals surface area (Å²) in [4.78, 5) is 19.2. The summed E-state index contributed by atoms with van der Waals surface area (Å²) in [7, 11) is 0. The molecule has 0 amide bonds. The Morgan fingerprint density at radius 1 is 1.14 bits per heavy atom. The van der Waals surface area contributed by atoms with Crippen LogP contribution in [0.15, 0.2) is 55.0 Å². The molecule has 0 saturated carbocycles. The molecule has 2 heterocycles. The number of aromatic nitrogens is 2. The van der Waals surface area contributed by atoms with Gasteiger partial charge in [-0.1, -0.05) is 41.7 Å². The summed E-state index contributed by atoms with van der Waals surface area (Å²) in [5, 5.41) is 12.6. The van der Waals surface area contributed by atoms with Gasteiger partial charge in [-0.15, -0.1) is 0 Å². The quantitative estimate of drug-likeness (QED) is 0.754. The highest BCUT2D eigenvalue weighted by atomic mass is 32.1. The van der Waals surface area contributed by atoms with E-state index in [0.29, 0.717) is 11.7 Å². The van der Waals surface area contributed by atoms with E-state index in [1.165, 1.54) is 6.20 Å². The molecule has 2 N–H and O–H groups in total. The van der Waals surface area contributed by atoms with Crippen LogP contribution >= 0.6 is 11.3 Å². The van der Waals surface area contributed by atoms with Crippen molar-refractivity contribution in [3.05, 3.63) is 65.4 Å². The molecule has 0 saturated heterocycles. The molecule has 2 aromatic heterocycles. The van der Waals surface area contributed by atoms with Crippen LogP contribution in [-0.4, -0.2) is 21.0 Å². The van der Waals surface area contributed by atoms with Crippen molar-refractivity contribution in [3.8, 4) is 11.1 Å². The fourth-order valence-electron chi connectivity index (χ4n) is 1.98. The van der Waals surface area contributed by atoms with Gasteiger partial charge in [-0.3, -0.25) is 4.98 Å². The zero-order valence-corrected chi connectivity index (χ0v) is 12.4. The zero-order chi connectivity index (χ0) is 15.4. The molecule has 0 unspecified atom stereocenters. The van der Waals surface area contributed by atoms with E-state index < -0.39 is 5.97 Å². The van der Waals surface area contributed by atoms with Crippen molar-refractivity contribution in [1.29, 1.82) is 0 Å².